The lowest BCUT2D eigenvalue weighted by Gasteiger charge is -2.14. The SMILES string of the molecule is O=C(CCl)CC(N[SH](=O)=O)c1ccccc1. The van der Waals surface area contributed by atoms with Crippen molar-refractivity contribution in [3.8, 4) is 0 Å². The molecule has 0 saturated carbocycles. The highest BCUT2D eigenvalue weighted by molar-refractivity contribution is 7.70. The van der Waals surface area contributed by atoms with Crippen LogP contribution in [-0.4, -0.2) is 20.1 Å². The van der Waals surface area contributed by atoms with Crippen LogP contribution in [0.15, 0.2) is 30.3 Å². The molecule has 1 N–H and O–H groups in total. The van der Waals surface area contributed by atoms with E-state index in [1.807, 2.05) is 6.07 Å². The Morgan fingerprint density at radius 1 is 1.31 bits per heavy atom. The van der Waals surface area contributed by atoms with Crippen LogP contribution in [0.5, 0.6) is 0 Å². The molecule has 0 radical (unpaired) electrons. The summed E-state index contributed by atoms with van der Waals surface area (Å²) in [5.41, 5.74) is 0.750. The normalized spacial score (nSPS) is 12.6. The molecule has 1 rings (SSSR count). The van der Waals surface area contributed by atoms with E-state index in [0.29, 0.717) is 0 Å². The van der Waals surface area contributed by atoms with Crippen molar-refractivity contribution in [1.29, 1.82) is 0 Å². The van der Waals surface area contributed by atoms with Gasteiger partial charge in [-0.25, -0.2) is 13.1 Å². The fraction of sp³-hybridized carbons (Fsp3) is 0.300. The Bertz CT molecular complexity index is 411. The largest absolute Gasteiger partial charge is 0.298 e. The van der Waals surface area contributed by atoms with Crippen molar-refractivity contribution in [3.63, 3.8) is 0 Å². The van der Waals surface area contributed by atoms with Gasteiger partial charge in [-0.05, 0) is 5.56 Å². The van der Waals surface area contributed by atoms with Crippen molar-refractivity contribution < 1.29 is 13.2 Å². The Morgan fingerprint density at radius 3 is 2.44 bits per heavy atom. The molecule has 0 fully saturated rings. The highest BCUT2D eigenvalue weighted by Gasteiger charge is 2.15. The van der Waals surface area contributed by atoms with Gasteiger partial charge in [-0.1, -0.05) is 30.3 Å². The third-order valence-corrected chi connectivity index (χ3v) is 2.86. The Morgan fingerprint density at radius 2 is 1.94 bits per heavy atom. The first-order chi connectivity index (χ1) is 7.63. The first kappa shape index (κ1) is 13.2. The summed E-state index contributed by atoms with van der Waals surface area (Å²) in [6.45, 7) is 0. The van der Waals surface area contributed by atoms with E-state index in [1.165, 1.54) is 0 Å². The van der Waals surface area contributed by atoms with Gasteiger partial charge in [-0.3, -0.25) is 4.79 Å². The maximum atomic E-state index is 11.2. The summed E-state index contributed by atoms with van der Waals surface area (Å²) < 4.78 is 23.6. The number of benzene rings is 1. The lowest BCUT2D eigenvalue weighted by atomic mass is 10.0. The molecule has 0 spiro atoms. The zero-order chi connectivity index (χ0) is 12.0. The lowest BCUT2D eigenvalue weighted by Crippen LogP contribution is -2.23. The zero-order valence-electron chi connectivity index (χ0n) is 8.43. The number of ketones is 1. The monoisotopic (exact) mass is 261 g/mol. The summed E-state index contributed by atoms with van der Waals surface area (Å²) in [6.07, 6.45) is 0.0663. The summed E-state index contributed by atoms with van der Waals surface area (Å²) in [7, 11) is -2.74. The lowest BCUT2D eigenvalue weighted by molar-refractivity contribution is -0.117. The average Bonchev–Trinajstić information content (AvgIpc) is 2.28. The zero-order valence-corrected chi connectivity index (χ0v) is 10.1. The van der Waals surface area contributed by atoms with Crippen molar-refractivity contribution in [1.82, 2.24) is 4.72 Å². The van der Waals surface area contributed by atoms with Gasteiger partial charge < -0.3 is 0 Å². The number of rotatable bonds is 6. The second-order valence-corrected chi connectivity index (χ2v) is 4.27. The smallest absolute Gasteiger partial charge is 0.201 e. The molecule has 6 heteroatoms. The Labute approximate surface area is 101 Å². The van der Waals surface area contributed by atoms with Crippen molar-refractivity contribution in [2.45, 2.75) is 12.5 Å². The first-order valence-corrected chi connectivity index (χ1v) is 6.38. The van der Waals surface area contributed by atoms with Crippen LogP contribution < -0.4 is 4.72 Å². The van der Waals surface area contributed by atoms with Crippen molar-refractivity contribution >= 4 is 28.3 Å². The summed E-state index contributed by atoms with van der Waals surface area (Å²) in [6, 6.07) is 8.38. The van der Waals surface area contributed by atoms with Crippen LogP contribution in [0.1, 0.15) is 18.0 Å². The quantitative estimate of drug-likeness (QED) is 0.594. The minimum absolute atomic E-state index is 0.0663. The first-order valence-electron chi connectivity index (χ1n) is 4.66. The molecule has 1 atom stereocenters. The van der Waals surface area contributed by atoms with Crippen LogP contribution in [0, 0.1) is 0 Å². The van der Waals surface area contributed by atoms with E-state index in [9.17, 15) is 13.2 Å². The average molecular weight is 262 g/mol. The minimum atomic E-state index is -2.74. The highest BCUT2D eigenvalue weighted by Crippen LogP contribution is 2.16. The molecular formula is C10H12ClNO3S. The van der Waals surface area contributed by atoms with Crippen LogP contribution in [0.3, 0.4) is 0 Å². The van der Waals surface area contributed by atoms with Gasteiger partial charge in [0.2, 0.25) is 10.9 Å². The van der Waals surface area contributed by atoms with Gasteiger partial charge in [-0.15, -0.1) is 11.6 Å². The van der Waals surface area contributed by atoms with E-state index < -0.39 is 16.9 Å². The van der Waals surface area contributed by atoms with E-state index in [4.69, 9.17) is 11.6 Å². The molecular weight excluding hydrogens is 250 g/mol. The molecule has 0 aliphatic rings. The van der Waals surface area contributed by atoms with E-state index >= 15 is 0 Å². The summed E-state index contributed by atoms with van der Waals surface area (Å²) in [4.78, 5) is 11.2. The molecule has 16 heavy (non-hydrogen) atoms. The fourth-order valence-electron chi connectivity index (χ4n) is 1.33. The van der Waals surface area contributed by atoms with Crippen LogP contribution in [0.4, 0.5) is 0 Å². The third kappa shape index (κ3) is 4.30. The molecule has 0 aromatic heterocycles. The number of nitrogens with one attached hydrogen (secondary N) is 1. The fourth-order valence-corrected chi connectivity index (χ4v) is 1.94. The van der Waals surface area contributed by atoms with Crippen LogP contribution in [-0.2, 0) is 15.7 Å². The maximum Gasteiger partial charge on any atom is 0.201 e. The molecule has 1 aromatic rings. The predicted molar refractivity (Wildman–Crippen MR) is 63.0 cm³/mol. The number of carbonyl (C=O) groups excluding carboxylic acids is 1. The highest BCUT2D eigenvalue weighted by atomic mass is 35.5. The Hall–Kier alpha value is -0.910. The number of halogens is 1. The summed E-state index contributed by atoms with van der Waals surface area (Å²) in [5, 5.41) is 0. The maximum absolute atomic E-state index is 11.2. The number of carbonyl (C=O) groups is 1. The molecule has 0 amide bonds. The minimum Gasteiger partial charge on any atom is -0.298 e. The van der Waals surface area contributed by atoms with Gasteiger partial charge in [0, 0.05) is 6.42 Å². The van der Waals surface area contributed by atoms with Gasteiger partial charge in [0.25, 0.3) is 0 Å². The van der Waals surface area contributed by atoms with Gasteiger partial charge in [0.1, 0.15) is 5.78 Å². The van der Waals surface area contributed by atoms with Crippen LogP contribution >= 0.6 is 11.6 Å². The Kier molecular flexibility index (Phi) is 5.45. The molecule has 0 aliphatic heterocycles. The van der Waals surface area contributed by atoms with Crippen molar-refractivity contribution in [2.24, 2.45) is 0 Å². The summed E-state index contributed by atoms with van der Waals surface area (Å²) >= 11 is 5.39. The topological polar surface area (TPSA) is 63.2 Å². The molecule has 1 unspecified atom stereocenters. The van der Waals surface area contributed by atoms with Crippen molar-refractivity contribution in [3.05, 3.63) is 35.9 Å². The molecule has 1 aromatic carbocycles. The van der Waals surface area contributed by atoms with Gasteiger partial charge in [0.15, 0.2) is 0 Å². The number of hydrogen-bond donors (Lipinski definition) is 2. The molecule has 0 saturated heterocycles. The van der Waals surface area contributed by atoms with E-state index in [1.54, 1.807) is 24.3 Å². The summed E-state index contributed by atoms with van der Waals surface area (Å²) in [5.74, 6) is -0.305. The third-order valence-electron chi connectivity index (χ3n) is 2.04. The molecule has 0 aliphatic carbocycles. The standard InChI is InChI=1S/C10H12ClNO3S/c11-7-9(13)6-10(12-16(14)15)8-4-2-1-3-5-8/h1-5,10,16H,6-7H2,(H,12,14,15). The predicted octanol–water partition coefficient (Wildman–Crippen LogP) is 1.04. The van der Waals surface area contributed by atoms with E-state index in [-0.39, 0.29) is 18.1 Å². The van der Waals surface area contributed by atoms with E-state index in [0.717, 1.165) is 5.56 Å². The molecule has 0 heterocycles. The number of thiol groups is 1. The molecule has 88 valence electrons. The number of hydrogen-bond acceptors (Lipinski definition) is 3. The Balaban J connectivity index is 2.83. The van der Waals surface area contributed by atoms with Gasteiger partial charge in [-0.2, -0.15) is 0 Å². The van der Waals surface area contributed by atoms with Crippen LogP contribution in [0.2, 0.25) is 0 Å². The van der Waals surface area contributed by atoms with Crippen LogP contribution in [0.25, 0.3) is 0 Å². The number of Topliss-reactive ketones (excluding diaryl/α,β-unsaturated/α-hetero) is 1. The molecule has 0 bridgehead atoms. The van der Waals surface area contributed by atoms with Crippen molar-refractivity contribution in [2.75, 3.05) is 5.88 Å². The second kappa shape index (κ2) is 6.62. The van der Waals surface area contributed by atoms with E-state index in [2.05, 4.69) is 4.72 Å². The van der Waals surface area contributed by atoms with Gasteiger partial charge in [0.05, 0.1) is 11.9 Å². The van der Waals surface area contributed by atoms with Gasteiger partial charge >= 0.3 is 0 Å². The number of alkyl halides is 1. The second-order valence-electron chi connectivity index (χ2n) is 3.23. The molecule has 4 nitrogen and oxygen atoms in total.